The third kappa shape index (κ3) is 4.22. The van der Waals surface area contributed by atoms with Gasteiger partial charge < -0.3 is 14.9 Å². The highest BCUT2D eigenvalue weighted by molar-refractivity contribution is 7.92. The Morgan fingerprint density at radius 3 is 2.65 bits per heavy atom. The lowest BCUT2D eigenvalue weighted by Gasteiger charge is -2.24. The monoisotopic (exact) mass is 539 g/mol. The molecule has 0 amide bonds. The van der Waals surface area contributed by atoms with E-state index < -0.39 is 9.84 Å². The predicted molar refractivity (Wildman–Crippen MR) is 142 cm³/mol. The molecule has 1 saturated heterocycles. The van der Waals surface area contributed by atoms with Gasteiger partial charge in [0.05, 0.1) is 32.3 Å². The maximum absolute atomic E-state index is 13.8. The highest BCUT2D eigenvalue weighted by Gasteiger charge is 2.43. The number of ether oxygens (including phenoxy) is 1. The van der Waals surface area contributed by atoms with Gasteiger partial charge in [-0.05, 0) is 48.6 Å². The minimum Gasteiger partial charge on any atom is -0.421 e. The van der Waals surface area contributed by atoms with Crippen LogP contribution in [0.5, 0.6) is 0 Å². The Labute approximate surface area is 219 Å². The molecular formula is C26H29N5O4S2. The molecule has 2 aliphatic rings. The van der Waals surface area contributed by atoms with Gasteiger partial charge in [-0.25, -0.2) is 13.4 Å². The summed E-state index contributed by atoms with van der Waals surface area (Å²) < 4.78 is 39.9. The summed E-state index contributed by atoms with van der Waals surface area (Å²) in [5.74, 6) is 1.45. The summed E-state index contributed by atoms with van der Waals surface area (Å²) in [6.45, 7) is 7.25. The van der Waals surface area contributed by atoms with E-state index in [4.69, 9.17) is 19.9 Å². The molecule has 11 heteroatoms. The average molecular weight is 540 g/mol. The standard InChI is InChI=1S/C26H29N5O4S2/c1-13(2)17-12-37(32,33)24-21(19-11-16-4-7-28-25(27)23(16)36-19)20(26-31-30-14(3)35-26)18(29-22(17)24)10-15-5-8-34-9-6-15/h4,7,11,13,15,17H,5-6,8-10,12H2,1-3H3,(H2,27,28)/t17-/m1/s1. The number of hydrogen-bond donors (Lipinski definition) is 1. The number of sulfone groups is 1. The lowest BCUT2D eigenvalue weighted by atomic mass is 9.88. The number of nitrogens with two attached hydrogens (primary N) is 1. The van der Waals surface area contributed by atoms with Crippen molar-refractivity contribution >= 4 is 37.1 Å². The lowest BCUT2D eigenvalue weighted by molar-refractivity contribution is 0.0663. The van der Waals surface area contributed by atoms with Crippen LogP contribution in [0.25, 0.3) is 32.0 Å². The number of pyridine rings is 2. The number of aryl methyl sites for hydroxylation is 1. The molecule has 194 valence electrons. The van der Waals surface area contributed by atoms with Gasteiger partial charge in [-0.2, -0.15) is 0 Å². The first-order valence-electron chi connectivity index (χ1n) is 12.5. The van der Waals surface area contributed by atoms with Crippen molar-refractivity contribution in [2.45, 2.75) is 50.8 Å². The summed E-state index contributed by atoms with van der Waals surface area (Å²) in [5.41, 5.74) is 8.85. The van der Waals surface area contributed by atoms with Crippen LogP contribution in [0.4, 0.5) is 5.82 Å². The molecule has 0 bridgehead atoms. The number of nitrogen functional groups attached to an aromatic ring is 1. The van der Waals surface area contributed by atoms with Crippen molar-refractivity contribution in [3.63, 3.8) is 0 Å². The molecule has 0 unspecified atom stereocenters. The first-order valence-corrected chi connectivity index (χ1v) is 15.0. The van der Waals surface area contributed by atoms with Gasteiger partial charge in [0.25, 0.3) is 0 Å². The molecule has 0 spiro atoms. The number of thiophene rings is 1. The second-order valence-electron chi connectivity index (χ2n) is 10.3. The van der Waals surface area contributed by atoms with Gasteiger partial charge in [0.2, 0.25) is 11.8 Å². The minimum atomic E-state index is -3.61. The van der Waals surface area contributed by atoms with E-state index in [1.807, 2.05) is 12.1 Å². The lowest BCUT2D eigenvalue weighted by Crippen LogP contribution is -2.19. The first kappa shape index (κ1) is 24.4. The summed E-state index contributed by atoms with van der Waals surface area (Å²) in [4.78, 5) is 10.4. The van der Waals surface area contributed by atoms with Crippen LogP contribution in [-0.2, 0) is 21.0 Å². The van der Waals surface area contributed by atoms with Gasteiger partial charge in [0.1, 0.15) is 5.82 Å². The Bertz CT molecular complexity index is 1600. The average Bonchev–Trinajstić information content (AvgIpc) is 3.55. The molecule has 6 heterocycles. The van der Waals surface area contributed by atoms with E-state index in [1.165, 1.54) is 11.3 Å². The van der Waals surface area contributed by atoms with Crippen molar-refractivity contribution in [1.82, 2.24) is 20.2 Å². The zero-order valence-electron chi connectivity index (χ0n) is 21.0. The number of anilines is 1. The van der Waals surface area contributed by atoms with E-state index in [0.29, 0.717) is 54.1 Å². The fraction of sp³-hybridized carbons (Fsp3) is 0.462. The van der Waals surface area contributed by atoms with Crippen LogP contribution in [0.1, 0.15) is 49.9 Å². The van der Waals surface area contributed by atoms with Gasteiger partial charge in [-0.3, -0.25) is 4.98 Å². The van der Waals surface area contributed by atoms with Crippen molar-refractivity contribution in [2.75, 3.05) is 24.7 Å². The second-order valence-corrected chi connectivity index (χ2v) is 13.3. The van der Waals surface area contributed by atoms with Crippen molar-refractivity contribution in [3.05, 3.63) is 35.6 Å². The molecule has 37 heavy (non-hydrogen) atoms. The van der Waals surface area contributed by atoms with E-state index in [2.05, 4.69) is 29.0 Å². The number of rotatable bonds is 5. The van der Waals surface area contributed by atoms with Gasteiger partial charge >= 0.3 is 0 Å². The van der Waals surface area contributed by atoms with E-state index >= 15 is 0 Å². The van der Waals surface area contributed by atoms with Crippen LogP contribution in [-0.4, -0.2) is 47.5 Å². The highest BCUT2D eigenvalue weighted by Crippen LogP contribution is 2.50. The molecule has 1 atom stereocenters. The van der Waals surface area contributed by atoms with E-state index in [0.717, 1.165) is 33.5 Å². The molecular weight excluding hydrogens is 510 g/mol. The molecule has 2 aliphatic heterocycles. The Hall–Kier alpha value is -2.89. The molecule has 9 nitrogen and oxygen atoms in total. The smallest absolute Gasteiger partial charge is 0.250 e. The van der Waals surface area contributed by atoms with Gasteiger partial charge in [0.15, 0.2) is 9.84 Å². The fourth-order valence-electron chi connectivity index (χ4n) is 5.45. The second kappa shape index (κ2) is 9.14. The van der Waals surface area contributed by atoms with Crippen molar-refractivity contribution in [1.29, 1.82) is 0 Å². The quantitative estimate of drug-likeness (QED) is 0.380. The summed E-state index contributed by atoms with van der Waals surface area (Å²) >= 11 is 1.43. The third-order valence-corrected chi connectivity index (χ3v) is 10.4. The normalized spacial score (nSPS) is 19.6. The third-order valence-electron chi connectivity index (χ3n) is 7.39. The van der Waals surface area contributed by atoms with Gasteiger partial charge in [-0.1, -0.05) is 13.8 Å². The van der Waals surface area contributed by atoms with Gasteiger partial charge in [-0.15, -0.1) is 21.5 Å². The maximum Gasteiger partial charge on any atom is 0.250 e. The van der Waals surface area contributed by atoms with E-state index in [1.54, 1.807) is 13.1 Å². The molecule has 6 rings (SSSR count). The summed E-state index contributed by atoms with van der Waals surface area (Å²) in [5, 5.41) is 9.33. The predicted octanol–water partition coefficient (Wildman–Crippen LogP) is 4.79. The summed E-state index contributed by atoms with van der Waals surface area (Å²) in [7, 11) is -3.61. The number of fused-ring (bicyclic) bond motifs is 2. The molecule has 2 N–H and O–H groups in total. The van der Waals surface area contributed by atoms with E-state index in [-0.39, 0.29) is 28.4 Å². The molecule has 0 aliphatic carbocycles. The molecule has 0 saturated carbocycles. The van der Waals surface area contributed by atoms with Crippen LogP contribution >= 0.6 is 11.3 Å². The SMILES string of the molecule is Cc1nnc(-c2c(CC3CCOCC3)nc3c(c2-c2cc4ccnc(N)c4s2)S(=O)(=O)C[C@@H]3C(C)C)o1. The molecule has 0 radical (unpaired) electrons. The number of nitrogens with zero attached hydrogens (tertiary/aromatic N) is 4. The van der Waals surface area contributed by atoms with Crippen molar-refractivity contribution < 1.29 is 17.6 Å². The summed E-state index contributed by atoms with van der Waals surface area (Å²) in [6.07, 6.45) is 4.19. The topological polar surface area (TPSA) is 134 Å². The Morgan fingerprint density at radius 2 is 1.97 bits per heavy atom. The fourth-order valence-corrected chi connectivity index (χ4v) is 8.85. The summed E-state index contributed by atoms with van der Waals surface area (Å²) in [6, 6.07) is 3.87. The highest BCUT2D eigenvalue weighted by atomic mass is 32.2. The molecule has 0 aromatic carbocycles. The van der Waals surface area contributed by atoms with Crippen molar-refractivity contribution in [2.24, 2.45) is 11.8 Å². The molecule has 1 fully saturated rings. The van der Waals surface area contributed by atoms with Crippen LogP contribution in [0.3, 0.4) is 0 Å². The Kier molecular flexibility index (Phi) is 6.04. The largest absolute Gasteiger partial charge is 0.421 e. The van der Waals surface area contributed by atoms with Crippen molar-refractivity contribution in [3.8, 4) is 21.9 Å². The number of aromatic nitrogens is 4. The zero-order chi connectivity index (χ0) is 25.9. The van der Waals surface area contributed by atoms with Crippen LogP contribution in [0.15, 0.2) is 27.6 Å². The number of hydrogen-bond acceptors (Lipinski definition) is 10. The Morgan fingerprint density at radius 1 is 1.19 bits per heavy atom. The van der Waals surface area contributed by atoms with Crippen LogP contribution < -0.4 is 5.73 Å². The maximum atomic E-state index is 13.8. The first-order chi connectivity index (χ1) is 17.7. The van der Waals surface area contributed by atoms with Crippen LogP contribution in [0.2, 0.25) is 0 Å². The minimum absolute atomic E-state index is 0.0393. The van der Waals surface area contributed by atoms with Crippen LogP contribution in [0, 0.1) is 18.8 Å². The molecule has 4 aromatic rings. The zero-order valence-corrected chi connectivity index (χ0v) is 22.7. The van der Waals surface area contributed by atoms with Gasteiger partial charge in [0, 0.05) is 42.7 Å². The van der Waals surface area contributed by atoms with E-state index in [9.17, 15) is 8.42 Å². The Balaban J connectivity index is 1.70. The molecule has 4 aromatic heterocycles.